The molecule has 0 saturated carbocycles. The van der Waals surface area contributed by atoms with Crippen LogP contribution in [0.15, 0.2) is 24.3 Å². The highest BCUT2D eigenvalue weighted by Gasteiger charge is 2.17. The third-order valence-electron chi connectivity index (χ3n) is 3.39. The number of hydrogen-bond acceptors (Lipinski definition) is 1. The molecule has 1 atom stereocenters. The van der Waals surface area contributed by atoms with Gasteiger partial charge < -0.3 is 0 Å². The van der Waals surface area contributed by atoms with Crippen LogP contribution >= 0.6 is 39.1 Å². The topological polar surface area (TPSA) is 17.8 Å². The maximum absolute atomic E-state index is 6.31. The Kier molecular flexibility index (Phi) is 5.53. The molecule has 1 heterocycles. The zero-order valence-corrected chi connectivity index (χ0v) is 14.6. The first kappa shape index (κ1) is 15.9. The number of rotatable bonds is 5. The summed E-state index contributed by atoms with van der Waals surface area (Å²) in [5.41, 5.74) is 3.40. The third-order valence-corrected chi connectivity index (χ3v) is 5.02. The number of halogens is 3. The lowest BCUT2D eigenvalue weighted by Gasteiger charge is -2.14. The second-order valence-corrected chi connectivity index (χ2v) is 6.48. The van der Waals surface area contributed by atoms with Crippen molar-refractivity contribution < 1.29 is 0 Å². The van der Waals surface area contributed by atoms with E-state index in [9.17, 15) is 0 Å². The first-order chi connectivity index (χ1) is 9.51. The molecule has 0 spiro atoms. The molecule has 0 bridgehead atoms. The molecule has 108 valence electrons. The van der Waals surface area contributed by atoms with Gasteiger partial charge in [-0.15, -0.1) is 0 Å². The van der Waals surface area contributed by atoms with E-state index >= 15 is 0 Å². The fourth-order valence-corrected chi connectivity index (χ4v) is 3.30. The zero-order chi connectivity index (χ0) is 14.7. The predicted molar refractivity (Wildman–Crippen MR) is 89.1 cm³/mol. The van der Waals surface area contributed by atoms with E-state index in [2.05, 4.69) is 27.1 Å². The molecule has 1 aromatic carbocycles. The molecule has 0 N–H and O–H groups in total. The van der Waals surface area contributed by atoms with Crippen molar-refractivity contribution in [3.8, 4) is 0 Å². The van der Waals surface area contributed by atoms with Gasteiger partial charge in [-0.2, -0.15) is 5.10 Å². The highest BCUT2D eigenvalue weighted by atomic mass is 79.9. The smallest absolute Gasteiger partial charge is 0.130 e. The number of nitrogens with zero attached hydrogens (tertiary/aromatic N) is 2. The molecular weight excluding hydrogens is 359 g/mol. The van der Waals surface area contributed by atoms with E-state index in [4.69, 9.17) is 23.2 Å². The van der Waals surface area contributed by atoms with Crippen LogP contribution in [-0.4, -0.2) is 15.1 Å². The standard InChI is InChI=1S/C15H17BrCl2N2/c1-10-14(15(18)20(2)19-10)8-12(9-16)6-11-4-3-5-13(17)7-11/h3-5,7,12H,6,8-9H2,1-2H3. The van der Waals surface area contributed by atoms with E-state index in [1.165, 1.54) is 5.56 Å². The number of benzene rings is 1. The molecule has 20 heavy (non-hydrogen) atoms. The highest BCUT2D eigenvalue weighted by molar-refractivity contribution is 9.09. The van der Waals surface area contributed by atoms with Crippen molar-refractivity contribution >= 4 is 39.1 Å². The molecular formula is C15H17BrCl2N2. The third kappa shape index (κ3) is 3.78. The molecule has 1 unspecified atom stereocenters. The Balaban J connectivity index is 2.13. The lowest BCUT2D eigenvalue weighted by Crippen LogP contribution is -2.10. The molecule has 0 aliphatic rings. The maximum Gasteiger partial charge on any atom is 0.130 e. The van der Waals surface area contributed by atoms with Gasteiger partial charge in [-0.05, 0) is 43.4 Å². The Morgan fingerprint density at radius 3 is 2.60 bits per heavy atom. The Morgan fingerprint density at radius 2 is 2.05 bits per heavy atom. The fourth-order valence-electron chi connectivity index (χ4n) is 2.37. The van der Waals surface area contributed by atoms with Crippen LogP contribution < -0.4 is 0 Å². The van der Waals surface area contributed by atoms with Crippen LogP contribution in [0.4, 0.5) is 0 Å². The van der Waals surface area contributed by atoms with Gasteiger partial charge >= 0.3 is 0 Å². The van der Waals surface area contributed by atoms with Crippen molar-refractivity contribution in [1.82, 2.24) is 9.78 Å². The van der Waals surface area contributed by atoms with Gasteiger partial charge in [-0.25, -0.2) is 0 Å². The first-order valence-electron chi connectivity index (χ1n) is 6.49. The Bertz CT molecular complexity index is 596. The van der Waals surface area contributed by atoms with Gasteiger partial charge in [-0.3, -0.25) is 4.68 Å². The minimum atomic E-state index is 0.467. The summed E-state index contributed by atoms with van der Waals surface area (Å²) in [6.45, 7) is 2.01. The summed E-state index contributed by atoms with van der Waals surface area (Å²) in [4.78, 5) is 0. The molecule has 0 aliphatic carbocycles. The molecule has 2 nitrogen and oxygen atoms in total. The largest absolute Gasteiger partial charge is 0.257 e. The Morgan fingerprint density at radius 1 is 1.30 bits per heavy atom. The summed E-state index contributed by atoms with van der Waals surface area (Å²) in [5, 5.41) is 6.81. The van der Waals surface area contributed by atoms with Crippen LogP contribution in [0, 0.1) is 12.8 Å². The molecule has 2 aromatic rings. The second-order valence-electron chi connectivity index (χ2n) is 5.04. The summed E-state index contributed by atoms with van der Waals surface area (Å²) in [5.74, 6) is 0.467. The summed E-state index contributed by atoms with van der Waals surface area (Å²) in [7, 11) is 1.87. The average Bonchev–Trinajstić information content (AvgIpc) is 2.64. The summed E-state index contributed by atoms with van der Waals surface area (Å²) >= 11 is 15.9. The Labute approximate surface area is 138 Å². The Hall–Kier alpha value is -0.510. The van der Waals surface area contributed by atoms with Gasteiger partial charge in [0.15, 0.2) is 0 Å². The summed E-state index contributed by atoms with van der Waals surface area (Å²) in [6, 6.07) is 8.02. The molecule has 2 rings (SSSR count). The fraction of sp³-hybridized carbons (Fsp3) is 0.400. The number of aryl methyl sites for hydroxylation is 2. The quantitative estimate of drug-likeness (QED) is 0.684. The molecule has 0 amide bonds. The zero-order valence-electron chi connectivity index (χ0n) is 11.5. The van der Waals surface area contributed by atoms with Crippen molar-refractivity contribution in [3.63, 3.8) is 0 Å². The van der Waals surface area contributed by atoms with E-state index in [-0.39, 0.29) is 0 Å². The van der Waals surface area contributed by atoms with E-state index in [0.717, 1.165) is 39.6 Å². The number of aromatic nitrogens is 2. The van der Waals surface area contributed by atoms with Gasteiger partial charge in [0, 0.05) is 23.0 Å². The van der Waals surface area contributed by atoms with Crippen LogP contribution in [0.5, 0.6) is 0 Å². The lowest BCUT2D eigenvalue weighted by atomic mass is 9.94. The predicted octanol–water partition coefficient (Wildman–Crippen LogP) is 4.83. The average molecular weight is 376 g/mol. The van der Waals surface area contributed by atoms with Gasteiger partial charge in [0.1, 0.15) is 5.15 Å². The van der Waals surface area contributed by atoms with Crippen molar-refractivity contribution in [2.45, 2.75) is 19.8 Å². The van der Waals surface area contributed by atoms with Gasteiger partial charge in [0.05, 0.1) is 5.69 Å². The van der Waals surface area contributed by atoms with Crippen LogP contribution in [0.25, 0.3) is 0 Å². The van der Waals surface area contributed by atoms with Gasteiger partial charge in [0.25, 0.3) is 0 Å². The highest BCUT2D eigenvalue weighted by Crippen LogP contribution is 2.25. The van der Waals surface area contributed by atoms with E-state index < -0.39 is 0 Å². The molecule has 0 fully saturated rings. The monoisotopic (exact) mass is 374 g/mol. The first-order valence-corrected chi connectivity index (χ1v) is 8.37. The van der Waals surface area contributed by atoms with Crippen LogP contribution in [-0.2, 0) is 19.9 Å². The van der Waals surface area contributed by atoms with Crippen molar-refractivity contribution in [2.24, 2.45) is 13.0 Å². The maximum atomic E-state index is 6.31. The summed E-state index contributed by atoms with van der Waals surface area (Å²) in [6.07, 6.45) is 1.88. The molecule has 0 saturated heterocycles. The van der Waals surface area contributed by atoms with Crippen LogP contribution in [0.2, 0.25) is 10.2 Å². The summed E-state index contributed by atoms with van der Waals surface area (Å²) < 4.78 is 1.73. The van der Waals surface area contributed by atoms with E-state index in [0.29, 0.717) is 5.92 Å². The minimum absolute atomic E-state index is 0.467. The van der Waals surface area contributed by atoms with E-state index in [1.54, 1.807) is 4.68 Å². The molecule has 5 heteroatoms. The van der Waals surface area contributed by atoms with Crippen LogP contribution in [0.1, 0.15) is 16.8 Å². The van der Waals surface area contributed by atoms with Gasteiger partial charge in [0.2, 0.25) is 0 Å². The van der Waals surface area contributed by atoms with Crippen LogP contribution in [0.3, 0.4) is 0 Å². The second kappa shape index (κ2) is 6.97. The number of alkyl halides is 1. The minimum Gasteiger partial charge on any atom is -0.257 e. The van der Waals surface area contributed by atoms with Crippen molar-refractivity contribution in [1.29, 1.82) is 0 Å². The lowest BCUT2D eigenvalue weighted by molar-refractivity contribution is 0.589. The SMILES string of the molecule is Cc1nn(C)c(Cl)c1CC(CBr)Cc1cccc(Cl)c1. The molecule has 1 aromatic heterocycles. The normalized spacial score (nSPS) is 12.7. The number of hydrogen-bond donors (Lipinski definition) is 0. The van der Waals surface area contributed by atoms with Crippen molar-refractivity contribution in [3.05, 3.63) is 51.3 Å². The van der Waals surface area contributed by atoms with Crippen molar-refractivity contribution in [2.75, 3.05) is 5.33 Å². The van der Waals surface area contributed by atoms with E-state index in [1.807, 2.05) is 32.2 Å². The molecule has 0 aliphatic heterocycles. The molecule has 0 radical (unpaired) electrons. The van der Waals surface area contributed by atoms with Gasteiger partial charge in [-0.1, -0.05) is 51.3 Å².